The van der Waals surface area contributed by atoms with Gasteiger partial charge < -0.3 is 0 Å². The van der Waals surface area contributed by atoms with E-state index < -0.39 is 74.3 Å². The van der Waals surface area contributed by atoms with Crippen LogP contribution in [0, 0.1) is 13.7 Å². The van der Waals surface area contributed by atoms with Crippen molar-refractivity contribution in [3.63, 3.8) is 0 Å². The Balaban J connectivity index is 3.55. The van der Waals surface area contributed by atoms with Gasteiger partial charge in [-0.15, -0.1) is 0 Å². The number of hydrogen-bond acceptors (Lipinski definition) is 8. The molecule has 9 nitrogen and oxygen atoms in total. The van der Waals surface area contributed by atoms with Gasteiger partial charge in [0.15, 0.2) is 0 Å². The second-order valence-corrected chi connectivity index (χ2v) is 13.2. The average Bonchev–Trinajstić information content (AvgIpc) is 2.63. The molecule has 0 bridgehead atoms. The number of halogens is 7. The molecule has 0 fully saturated rings. The zero-order valence-corrected chi connectivity index (χ0v) is 19.5. The zero-order chi connectivity index (χ0) is 25.0. The predicted molar refractivity (Wildman–Crippen MR) is 106 cm³/mol. The average molecular weight is 629 g/mol. The van der Waals surface area contributed by atoms with Gasteiger partial charge in [-0.3, -0.25) is 0 Å². The maximum absolute atomic E-state index is 12.8. The first-order valence-corrected chi connectivity index (χ1v) is 14.1. The van der Waals surface area contributed by atoms with E-state index in [1.54, 1.807) is 6.92 Å². The van der Waals surface area contributed by atoms with Crippen LogP contribution in [0.25, 0.3) is 0 Å². The van der Waals surface area contributed by atoms with Gasteiger partial charge in [0, 0.05) is 0 Å². The molecule has 0 unspecified atom stereocenters. The fourth-order valence-corrected chi connectivity index (χ4v) is 8.31. The van der Waals surface area contributed by atoms with Crippen molar-refractivity contribution >= 4 is 46.2 Å². The second kappa shape index (κ2) is 10.5. The first-order valence-electron chi connectivity index (χ1n) is 8.07. The number of nitro benzene ring substituents is 1. The Morgan fingerprint density at radius 2 is 1.53 bits per heavy atom. The van der Waals surface area contributed by atoms with Gasteiger partial charge in [0.1, 0.15) is 0 Å². The van der Waals surface area contributed by atoms with Crippen molar-refractivity contribution in [3.8, 4) is 0 Å². The second-order valence-electron chi connectivity index (χ2n) is 5.63. The van der Waals surface area contributed by atoms with E-state index in [4.69, 9.17) is 0 Å². The Labute approximate surface area is 185 Å². The third kappa shape index (κ3) is 7.73. The normalized spacial score (nSPS) is 14.2. The Hall–Kier alpha value is -1.67. The molecule has 184 valence electrons. The molecule has 1 aromatic carbocycles. The van der Waals surface area contributed by atoms with E-state index in [1.807, 2.05) is 0 Å². The van der Waals surface area contributed by atoms with Crippen LogP contribution >= 0.6 is 20.2 Å². The Bertz CT molecular complexity index is 1050. The number of nitrogens with zero attached hydrogens (tertiary/aromatic N) is 1. The van der Waals surface area contributed by atoms with Crippen LogP contribution in [0.1, 0.15) is 26.2 Å². The Kier molecular flexibility index (Phi) is 9.31. The quantitative estimate of drug-likeness (QED) is 0.0677. The number of nitro groups is 1. The molecule has 0 aromatic heterocycles. The van der Waals surface area contributed by atoms with Crippen LogP contribution in [0.15, 0.2) is 34.1 Å². The van der Waals surface area contributed by atoms with Gasteiger partial charge in [-0.1, -0.05) is 0 Å². The summed E-state index contributed by atoms with van der Waals surface area (Å²) in [5, 5.41) is 10.7. The molecule has 32 heavy (non-hydrogen) atoms. The SMILES string of the molecule is CCCC/C(=C\I(OS(=O)(=O)C(F)(F)F)c1ccc([N+](=O)[O-])cc1)OS(=O)(=O)C(F)(F)F. The number of non-ortho nitro benzene ring substituents is 1. The number of hydrogen-bond donors (Lipinski definition) is 0. The summed E-state index contributed by atoms with van der Waals surface area (Å²) in [6, 6.07) is 3.30. The topological polar surface area (TPSA) is 130 Å². The first-order chi connectivity index (χ1) is 14.4. The van der Waals surface area contributed by atoms with Crippen molar-refractivity contribution in [1.29, 1.82) is 0 Å². The molecule has 0 radical (unpaired) electrons. The predicted octanol–water partition coefficient (Wildman–Crippen LogP) is 4.95. The van der Waals surface area contributed by atoms with Crippen LogP contribution in [0.2, 0.25) is 0 Å². The van der Waals surface area contributed by atoms with Crippen molar-refractivity contribution in [3.05, 3.63) is 47.8 Å². The van der Waals surface area contributed by atoms with E-state index in [0.29, 0.717) is 10.5 Å². The molecule has 1 rings (SSSR count). The number of benzene rings is 1. The third-order valence-corrected chi connectivity index (χ3v) is 10.8. The zero-order valence-electron chi connectivity index (χ0n) is 15.7. The summed E-state index contributed by atoms with van der Waals surface area (Å²) in [6.07, 6.45) is -0.155. The number of allylic oxidation sites excluding steroid dienone is 1. The van der Waals surface area contributed by atoms with Crippen molar-refractivity contribution in [1.82, 2.24) is 0 Å². The molecule has 0 aliphatic heterocycles. The molecule has 0 aliphatic rings. The summed E-state index contributed by atoms with van der Waals surface area (Å²) >= 11 is -4.29. The van der Waals surface area contributed by atoms with Crippen LogP contribution in [-0.2, 0) is 26.9 Å². The Morgan fingerprint density at radius 3 is 1.94 bits per heavy atom. The van der Waals surface area contributed by atoms with E-state index in [-0.39, 0.29) is 9.99 Å². The van der Waals surface area contributed by atoms with Gasteiger partial charge in [0.05, 0.1) is 0 Å². The van der Waals surface area contributed by atoms with Gasteiger partial charge in [0.25, 0.3) is 0 Å². The molecule has 0 heterocycles. The van der Waals surface area contributed by atoms with E-state index in [1.165, 1.54) is 0 Å². The fraction of sp³-hybridized carbons (Fsp3) is 0.429. The monoisotopic (exact) mass is 629 g/mol. The Morgan fingerprint density at radius 1 is 1.03 bits per heavy atom. The van der Waals surface area contributed by atoms with E-state index in [9.17, 15) is 53.3 Å². The number of unbranched alkanes of at least 4 members (excludes halogenated alkanes) is 1. The molecule has 0 saturated heterocycles. The molecule has 1 aromatic rings. The van der Waals surface area contributed by atoms with Gasteiger partial charge in [-0.05, 0) is 0 Å². The van der Waals surface area contributed by atoms with Gasteiger partial charge >= 0.3 is 186 Å². The molecule has 18 heteroatoms. The van der Waals surface area contributed by atoms with Crippen LogP contribution in [0.4, 0.5) is 32.0 Å². The molecule has 0 spiro atoms. The third-order valence-electron chi connectivity index (χ3n) is 3.18. The molecule has 0 N–H and O–H groups in total. The molecule has 0 aliphatic carbocycles. The van der Waals surface area contributed by atoms with Crippen LogP contribution in [-0.4, -0.2) is 32.8 Å². The number of rotatable bonds is 10. The van der Waals surface area contributed by atoms with Gasteiger partial charge in [-0.2, -0.15) is 0 Å². The van der Waals surface area contributed by atoms with Crippen molar-refractivity contribution < 1.29 is 54.8 Å². The van der Waals surface area contributed by atoms with Crippen molar-refractivity contribution in [2.45, 2.75) is 37.2 Å². The standard InChI is InChI=1S/C14H14F6INO8S2/c1-2-3-4-12(29-31(25,26)13(15,16)17)9-21(30-32(27,28)14(18,19)20)10-5-7-11(8-6-10)22(23)24/h5-9H,2-4H2,1H3/b12-9+. The summed E-state index contributed by atoms with van der Waals surface area (Å²) in [6.45, 7) is 1.56. The first kappa shape index (κ1) is 28.4. The molecular formula is C14H14F6INO8S2. The van der Waals surface area contributed by atoms with Crippen molar-refractivity contribution in [2.75, 3.05) is 0 Å². The minimum atomic E-state index is -6.25. The summed E-state index contributed by atoms with van der Waals surface area (Å²) in [5.74, 6) is -0.967. The number of alkyl halides is 6. The van der Waals surface area contributed by atoms with Crippen LogP contribution < -0.4 is 0 Å². The van der Waals surface area contributed by atoms with Crippen molar-refractivity contribution in [2.24, 2.45) is 0 Å². The van der Waals surface area contributed by atoms with Gasteiger partial charge in [-0.25, -0.2) is 0 Å². The summed E-state index contributed by atoms with van der Waals surface area (Å²) in [4.78, 5) is 9.86. The van der Waals surface area contributed by atoms with E-state index in [2.05, 4.69) is 6.70 Å². The minimum absolute atomic E-state index is 0.0372. The van der Waals surface area contributed by atoms with Crippen LogP contribution in [0.5, 0.6) is 0 Å². The molecular weight excluding hydrogens is 615 g/mol. The van der Waals surface area contributed by atoms with E-state index >= 15 is 0 Å². The summed E-state index contributed by atoms with van der Waals surface area (Å²) in [5.41, 5.74) is -12.3. The van der Waals surface area contributed by atoms with Gasteiger partial charge in [0.2, 0.25) is 0 Å². The maximum atomic E-state index is 12.8. The molecule has 0 atom stereocenters. The van der Waals surface area contributed by atoms with Crippen LogP contribution in [0.3, 0.4) is 0 Å². The summed E-state index contributed by atoms with van der Waals surface area (Å²) in [7, 11) is -12.5. The molecule has 0 amide bonds. The molecule has 0 saturated carbocycles. The van der Waals surface area contributed by atoms with E-state index in [0.717, 1.165) is 24.3 Å². The fourth-order valence-electron chi connectivity index (χ4n) is 1.69. The summed E-state index contributed by atoms with van der Waals surface area (Å²) < 4.78 is 130.